The molecule has 0 bridgehead atoms. The van der Waals surface area contributed by atoms with Crippen LogP contribution in [0.2, 0.25) is 0 Å². The minimum absolute atomic E-state index is 0.205. The molecule has 1 aliphatic carbocycles. The largest absolute Gasteiger partial charge is 0.294 e. The fourth-order valence-electron chi connectivity index (χ4n) is 5.05. The van der Waals surface area contributed by atoms with E-state index in [1.165, 1.54) is 48.5 Å². The Morgan fingerprint density at radius 2 is 0.903 bits per heavy atom. The molecule has 31 heavy (non-hydrogen) atoms. The zero-order valence-electron chi connectivity index (χ0n) is 16.9. The van der Waals surface area contributed by atoms with Crippen molar-refractivity contribution >= 4 is 65.7 Å². The summed E-state index contributed by atoms with van der Waals surface area (Å²) in [7, 11) is 0. The van der Waals surface area contributed by atoms with E-state index >= 15 is 0 Å². The van der Waals surface area contributed by atoms with Gasteiger partial charge in [0.25, 0.3) is 0 Å². The molecule has 6 aromatic rings. The summed E-state index contributed by atoms with van der Waals surface area (Å²) in [5.74, 6) is 0.205. The molecule has 0 atom stereocenters. The van der Waals surface area contributed by atoms with Gasteiger partial charge in [-0.2, -0.15) is 0 Å². The normalized spacial score (nSPS) is 13.6. The molecule has 0 aliphatic heterocycles. The number of fused-ring (bicyclic) bond motifs is 6. The van der Waals surface area contributed by atoms with Crippen molar-refractivity contribution in [2.45, 2.75) is 6.42 Å². The number of hydrogen-bond acceptors (Lipinski definition) is 1. The molecule has 0 radical (unpaired) electrons. The summed E-state index contributed by atoms with van der Waals surface area (Å²) in [5, 5.41) is 12.3. The lowest BCUT2D eigenvalue weighted by Crippen LogP contribution is -2.03. The maximum absolute atomic E-state index is 12.3. The number of hydrogen-bond donors (Lipinski definition) is 0. The average molecular weight is 394 g/mol. The summed E-state index contributed by atoms with van der Waals surface area (Å²) in [4.78, 5) is 12.3. The predicted molar refractivity (Wildman–Crippen MR) is 132 cm³/mol. The van der Waals surface area contributed by atoms with E-state index in [4.69, 9.17) is 0 Å². The second-order valence-electron chi connectivity index (χ2n) is 8.61. The first-order chi connectivity index (χ1) is 15.2. The van der Waals surface area contributed by atoms with Crippen molar-refractivity contribution in [1.82, 2.24) is 0 Å². The van der Waals surface area contributed by atoms with E-state index in [9.17, 15) is 4.79 Å². The van der Waals surface area contributed by atoms with E-state index in [0.29, 0.717) is 6.42 Å². The van der Waals surface area contributed by atoms with Crippen molar-refractivity contribution in [2.75, 3.05) is 0 Å². The van der Waals surface area contributed by atoms with Gasteiger partial charge in [-0.15, -0.1) is 0 Å². The third-order valence-corrected chi connectivity index (χ3v) is 6.64. The molecule has 0 unspecified atom stereocenters. The lowest BCUT2D eigenvalue weighted by Gasteiger charge is -2.12. The van der Waals surface area contributed by atoms with Crippen molar-refractivity contribution in [2.24, 2.45) is 0 Å². The van der Waals surface area contributed by atoms with Gasteiger partial charge in [-0.1, -0.05) is 36.4 Å². The standard InChI is InChI=1S/C30H18O/c31-30-7-3-6-20-10-23-13-26-14-24-11-21-8-18-4-1-2-5-19(18)9-22(21)12-25(24)15-27(26)16-28(23)17-29(20)30/h1-6,8-17H,7H2. The van der Waals surface area contributed by atoms with Crippen molar-refractivity contribution < 1.29 is 4.79 Å². The van der Waals surface area contributed by atoms with Crippen LogP contribution in [0, 0.1) is 0 Å². The van der Waals surface area contributed by atoms with Crippen molar-refractivity contribution in [1.29, 1.82) is 0 Å². The molecule has 0 saturated heterocycles. The molecule has 0 N–H and O–H groups in total. The number of Topliss-reactive ketones (excluding diaryl/α,β-unsaturated/α-hetero) is 1. The summed E-state index contributed by atoms with van der Waals surface area (Å²) < 4.78 is 0. The van der Waals surface area contributed by atoms with Crippen molar-refractivity contribution in [3.8, 4) is 0 Å². The zero-order valence-corrected chi connectivity index (χ0v) is 16.9. The lowest BCUT2D eigenvalue weighted by molar-refractivity contribution is 0.0994. The maximum Gasteiger partial charge on any atom is 0.167 e. The first-order valence-electron chi connectivity index (χ1n) is 10.7. The molecule has 0 spiro atoms. The van der Waals surface area contributed by atoms with Crippen LogP contribution in [0.25, 0.3) is 59.9 Å². The molecule has 0 saturated carbocycles. The Bertz CT molecular complexity index is 1770. The van der Waals surface area contributed by atoms with Gasteiger partial charge in [0.2, 0.25) is 0 Å². The summed E-state index contributed by atoms with van der Waals surface area (Å²) in [6.07, 6.45) is 4.52. The Morgan fingerprint density at radius 1 is 0.484 bits per heavy atom. The van der Waals surface area contributed by atoms with Gasteiger partial charge in [-0.25, -0.2) is 0 Å². The van der Waals surface area contributed by atoms with Crippen LogP contribution in [0.4, 0.5) is 0 Å². The van der Waals surface area contributed by atoms with Gasteiger partial charge >= 0.3 is 0 Å². The van der Waals surface area contributed by atoms with Gasteiger partial charge in [0.1, 0.15) is 0 Å². The molecule has 1 nitrogen and oxygen atoms in total. The monoisotopic (exact) mass is 394 g/mol. The summed E-state index contributed by atoms with van der Waals surface area (Å²) in [6.45, 7) is 0. The summed E-state index contributed by atoms with van der Waals surface area (Å²) in [5.41, 5.74) is 1.87. The number of carbonyl (C=O) groups is 1. The third kappa shape index (κ3) is 2.53. The Balaban J connectivity index is 1.51. The number of rotatable bonds is 0. The Labute approximate surface area is 179 Å². The molecule has 0 heterocycles. The molecule has 1 heteroatoms. The lowest BCUT2D eigenvalue weighted by atomic mass is 9.91. The molecule has 6 aromatic carbocycles. The number of allylic oxidation sites excluding steroid dienone is 1. The minimum Gasteiger partial charge on any atom is -0.294 e. The fourth-order valence-corrected chi connectivity index (χ4v) is 5.05. The van der Waals surface area contributed by atoms with Crippen LogP contribution in [0.5, 0.6) is 0 Å². The Hall–Kier alpha value is -3.97. The average Bonchev–Trinajstić information content (AvgIpc) is 2.78. The van der Waals surface area contributed by atoms with Crippen LogP contribution in [-0.2, 0) is 0 Å². The molecule has 0 aromatic heterocycles. The molecule has 1 aliphatic rings. The van der Waals surface area contributed by atoms with E-state index < -0.39 is 0 Å². The van der Waals surface area contributed by atoms with Crippen LogP contribution in [0.15, 0.2) is 91.0 Å². The van der Waals surface area contributed by atoms with Crippen LogP contribution < -0.4 is 0 Å². The third-order valence-electron chi connectivity index (χ3n) is 6.64. The first-order valence-corrected chi connectivity index (χ1v) is 10.7. The van der Waals surface area contributed by atoms with E-state index in [0.717, 1.165) is 16.5 Å². The number of benzene rings is 6. The van der Waals surface area contributed by atoms with E-state index in [-0.39, 0.29) is 5.78 Å². The second kappa shape index (κ2) is 6.02. The van der Waals surface area contributed by atoms with Gasteiger partial charge < -0.3 is 0 Å². The molecule has 7 rings (SSSR count). The molecule has 0 fully saturated rings. The quantitative estimate of drug-likeness (QED) is 0.238. The highest BCUT2D eigenvalue weighted by Gasteiger charge is 2.14. The topological polar surface area (TPSA) is 17.1 Å². The van der Waals surface area contributed by atoms with E-state index in [2.05, 4.69) is 91.0 Å². The van der Waals surface area contributed by atoms with Crippen molar-refractivity contribution in [3.05, 3.63) is 102 Å². The highest BCUT2D eigenvalue weighted by Crippen LogP contribution is 2.33. The molecular weight excluding hydrogens is 376 g/mol. The minimum atomic E-state index is 0.205. The molecular formula is C30H18O. The van der Waals surface area contributed by atoms with Gasteiger partial charge in [-0.3, -0.25) is 4.79 Å². The molecule has 144 valence electrons. The fraction of sp³-hybridized carbons (Fsp3) is 0.0333. The van der Waals surface area contributed by atoms with Crippen LogP contribution >= 0.6 is 0 Å². The molecule has 0 amide bonds. The van der Waals surface area contributed by atoms with Gasteiger partial charge in [-0.05, 0) is 120 Å². The highest BCUT2D eigenvalue weighted by molar-refractivity contribution is 6.12. The zero-order chi connectivity index (χ0) is 20.5. The maximum atomic E-state index is 12.3. The van der Waals surface area contributed by atoms with Crippen LogP contribution in [0.3, 0.4) is 0 Å². The smallest absolute Gasteiger partial charge is 0.167 e. The second-order valence-corrected chi connectivity index (χ2v) is 8.61. The number of ketones is 1. The first kappa shape index (κ1) is 16.8. The van der Waals surface area contributed by atoms with E-state index in [1.54, 1.807) is 0 Å². The van der Waals surface area contributed by atoms with Gasteiger partial charge in [0.15, 0.2) is 5.78 Å². The SMILES string of the molecule is O=C1CC=Cc2cc3cc4cc5cc6cc7ccccc7cc6cc5cc4cc3cc21. The summed E-state index contributed by atoms with van der Waals surface area (Å²) >= 11 is 0. The predicted octanol–water partition coefficient (Wildman–Crippen LogP) is 8.05. The van der Waals surface area contributed by atoms with Crippen LogP contribution in [0.1, 0.15) is 22.3 Å². The van der Waals surface area contributed by atoms with Gasteiger partial charge in [0, 0.05) is 12.0 Å². The van der Waals surface area contributed by atoms with Gasteiger partial charge in [0.05, 0.1) is 0 Å². The highest BCUT2D eigenvalue weighted by atomic mass is 16.1. The van der Waals surface area contributed by atoms with E-state index in [1.807, 2.05) is 6.08 Å². The number of carbonyl (C=O) groups excluding carboxylic acids is 1. The van der Waals surface area contributed by atoms with Crippen LogP contribution in [-0.4, -0.2) is 5.78 Å². The Kier molecular flexibility index (Phi) is 3.26. The van der Waals surface area contributed by atoms with Crippen molar-refractivity contribution in [3.63, 3.8) is 0 Å². The summed E-state index contributed by atoms with van der Waals surface area (Å²) in [6, 6.07) is 30.9. The Morgan fingerprint density at radius 3 is 1.42 bits per heavy atom.